The number of nitrogens with zero attached hydrogens (tertiary/aromatic N) is 3. The minimum absolute atomic E-state index is 0.238. The first-order valence-electron chi connectivity index (χ1n) is 7.21. The van der Waals surface area contributed by atoms with E-state index in [1.54, 1.807) is 30.5 Å². The van der Waals surface area contributed by atoms with E-state index in [4.69, 9.17) is 4.52 Å². The predicted molar refractivity (Wildman–Crippen MR) is 79.6 cm³/mol. The fraction of sp³-hybridized carbons (Fsp3) is 0.188. The van der Waals surface area contributed by atoms with E-state index in [0.29, 0.717) is 29.9 Å². The van der Waals surface area contributed by atoms with Crippen LogP contribution in [0.25, 0.3) is 5.69 Å². The Hall–Kier alpha value is -2.96. The molecule has 4 rings (SSSR count). The molecule has 2 heterocycles. The summed E-state index contributed by atoms with van der Waals surface area (Å²) in [5.41, 5.74) is 0.309. The van der Waals surface area contributed by atoms with Crippen molar-refractivity contribution in [3.63, 3.8) is 0 Å². The van der Waals surface area contributed by atoms with Crippen molar-refractivity contribution in [1.82, 2.24) is 14.9 Å². The number of aromatic nitrogens is 3. The summed E-state index contributed by atoms with van der Waals surface area (Å²) < 4.78 is 20.3. The van der Waals surface area contributed by atoms with Crippen LogP contribution in [0.2, 0.25) is 0 Å². The summed E-state index contributed by atoms with van der Waals surface area (Å²) in [4.78, 5) is 12.6. The van der Waals surface area contributed by atoms with Crippen molar-refractivity contribution < 1.29 is 13.7 Å². The Morgan fingerprint density at radius 3 is 2.83 bits per heavy atom. The maximum atomic E-state index is 14.0. The van der Waals surface area contributed by atoms with E-state index in [1.807, 2.05) is 0 Å². The number of hydrogen-bond acceptors (Lipinski definition) is 4. The minimum atomic E-state index is -0.785. The zero-order chi connectivity index (χ0) is 15.9. The molecular weight excluding hydrogens is 299 g/mol. The van der Waals surface area contributed by atoms with Gasteiger partial charge in [0.25, 0.3) is 0 Å². The van der Waals surface area contributed by atoms with Gasteiger partial charge in [-0.05, 0) is 18.9 Å². The molecule has 1 fully saturated rings. The molecule has 1 N–H and O–H groups in total. The van der Waals surface area contributed by atoms with Gasteiger partial charge in [0.15, 0.2) is 5.82 Å². The predicted octanol–water partition coefficient (Wildman–Crippen LogP) is 2.67. The Balaban J connectivity index is 1.56. The molecule has 0 saturated heterocycles. The molecule has 116 valence electrons. The summed E-state index contributed by atoms with van der Waals surface area (Å²) >= 11 is 0. The first-order chi connectivity index (χ1) is 11.2. The van der Waals surface area contributed by atoms with Crippen LogP contribution in [-0.2, 0) is 10.2 Å². The number of nitrogens with one attached hydrogen (secondary N) is 1. The van der Waals surface area contributed by atoms with Gasteiger partial charge in [-0.1, -0.05) is 23.4 Å². The molecule has 1 aliphatic rings. The van der Waals surface area contributed by atoms with Gasteiger partial charge < -0.3 is 9.84 Å². The molecule has 0 aliphatic heterocycles. The second kappa shape index (κ2) is 5.05. The second-order valence-corrected chi connectivity index (χ2v) is 5.54. The van der Waals surface area contributed by atoms with Crippen LogP contribution >= 0.6 is 0 Å². The average Bonchev–Trinajstić information content (AvgIpc) is 2.97. The molecule has 23 heavy (non-hydrogen) atoms. The SMILES string of the molecule is O=C(Nc1ccn(-c2cnoc2)n1)C1(c2ccccc2F)CC1. The molecule has 0 radical (unpaired) electrons. The molecule has 1 aromatic carbocycles. The summed E-state index contributed by atoms with van der Waals surface area (Å²) in [6.45, 7) is 0. The van der Waals surface area contributed by atoms with Gasteiger partial charge in [0.1, 0.15) is 17.8 Å². The van der Waals surface area contributed by atoms with Crippen LogP contribution in [0.5, 0.6) is 0 Å². The number of anilines is 1. The maximum absolute atomic E-state index is 14.0. The minimum Gasteiger partial charge on any atom is -0.362 e. The smallest absolute Gasteiger partial charge is 0.236 e. The lowest BCUT2D eigenvalue weighted by atomic mass is 9.94. The Morgan fingerprint density at radius 1 is 1.30 bits per heavy atom. The molecule has 1 aliphatic carbocycles. The molecule has 3 aromatic rings. The van der Waals surface area contributed by atoms with Crippen molar-refractivity contribution in [3.05, 3.63) is 60.4 Å². The zero-order valence-corrected chi connectivity index (χ0v) is 12.1. The Bertz CT molecular complexity index is 853. The van der Waals surface area contributed by atoms with Gasteiger partial charge in [0.05, 0.1) is 11.6 Å². The molecule has 7 heteroatoms. The van der Waals surface area contributed by atoms with E-state index in [9.17, 15) is 9.18 Å². The van der Waals surface area contributed by atoms with Crippen LogP contribution in [0.3, 0.4) is 0 Å². The summed E-state index contributed by atoms with van der Waals surface area (Å²) in [7, 11) is 0. The highest BCUT2D eigenvalue weighted by Gasteiger charge is 2.52. The average molecular weight is 312 g/mol. The van der Waals surface area contributed by atoms with Gasteiger partial charge in [0, 0.05) is 17.8 Å². The summed E-state index contributed by atoms with van der Waals surface area (Å²) in [5.74, 6) is -0.188. The Kier molecular flexibility index (Phi) is 3.00. The van der Waals surface area contributed by atoms with Crippen molar-refractivity contribution in [3.8, 4) is 5.69 Å². The molecule has 0 spiro atoms. The van der Waals surface area contributed by atoms with Crippen molar-refractivity contribution in [1.29, 1.82) is 0 Å². The lowest BCUT2D eigenvalue weighted by Crippen LogP contribution is -2.28. The van der Waals surface area contributed by atoms with E-state index < -0.39 is 5.41 Å². The molecule has 0 unspecified atom stereocenters. The molecule has 0 bridgehead atoms. The summed E-state index contributed by atoms with van der Waals surface area (Å²) in [5, 5.41) is 10.6. The zero-order valence-electron chi connectivity index (χ0n) is 12.1. The van der Waals surface area contributed by atoms with E-state index in [-0.39, 0.29) is 11.7 Å². The van der Waals surface area contributed by atoms with Gasteiger partial charge in [-0.3, -0.25) is 4.79 Å². The summed E-state index contributed by atoms with van der Waals surface area (Å²) in [6.07, 6.45) is 5.91. The van der Waals surface area contributed by atoms with Crippen molar-refractivity contribution in [2.24, 2.45) is 0 Å². The van der Waals surface area contributed by atoms with Gasteiger partial charge in [-0.25, -0.2) is 9.07 Å². The number of halogens is 1. The third kappa shape index (κ3) is 2.30. The van der Waals surface area contributed by atoms with E-state index in [1.165, 1.54) is 23.2 Å². The van der Waals surface area contributed by atoms with E-state index in [0.717, 1.165) is 0 Å². The van der Waals surface area contributed by atoms with Crippen LogP contribution in [0, 0.1) is 5.82 Å². The number of hydrogen-bond donors (Lipinski definition) is 1. The lowest BCUT2D eigenvalue weighted by Gasteiger charge is -2.15. The molecule has 2 aromatic heterocycles. The number of benzene rings is 1. The van der Waals surface area contributed by atoms with Gasteiger partial charge in [-0.2, -0.15) is 0 Å². The van der Waals surface area contributed by atoms with Crippen LogP contribution in [-0.4, -0.2) is 20.8 Å². The Morgan fingerprint density at radius 2 is 2.13 bits per heavy atom. The number of rotatable bonds is 4. The number of amides is 1. The molecular formula is C16H13FN4O2. The van der Waals surface area contributed by atoms with E-state index >= 15 is 0 Å². The quantitative estimate of drug-likeness (QED) is 0.804. The van der Waals surface area contributed by atoms with Crippen LogP contribution in [0.4, 0.5) is 10.2 Å². The monoisotopic (exact) mass is 312 g/mol. The van der Waals surface area contributed by atoms with Gasteiger partial charge in [-0.15, -0.1) is 5.10 Å². The van der Waals surface area contributed by atoms with Crippen LogP contribution < -0.4 is 5.32 Å². The van der Waals surface area contributed by atoms with Gasteiger partial charge in [0.2, 0.25) is 5.91 Å². The highest BCUT2D eigenvalue weighted by Crippen LogP contribution is 2.49. The molecule has 1 amide bonds. The van der Waals surface area contributed by atoms with Crippen LogP contribution in [0.1, 0.15) is 18.4 Å². The standard InChI is InChI=1S/C16H13FN4O2/c17-13-4-2-1-3-12(13)16(6-7-16)15(22)19-14-5-8-21(20-14)11-9-18-23-10-11/h1-5,8-10H,6-7H2,(H,19,20,22). The van der Waals surface area contributed by atoms with E-state index in [2.05, 4.69) is 15.6 Å². The topological polar surface area (TPSA) is 73.0 Å². The Labute approximate surface area is 130 Å². The first-order valence-corrected chi connectivity index (χ1v) is 7.21. The van der Waals surface area contributed by atoms with Crippen molar-refractivity contribution in [2.75, 3.05) is 5.32 Å². The fourth-order valence-electron chi connectivity index (χ4n) is 2.68. The lowest BCUT2D eigenvalue weighted by molar-refractivity contribution is -0.118. The fourth-order valence-corrected chi connectivity index (χ4v) is 2.68. The third-order valence-corrected chi connectivity index (χ3v) is 4.09. The molecule has 0 atom stereocenters. The largest absolute Gasteiger partial charge is 0.362 e. The maximum Gasteiger partial charge on any atom is 0.236 e. The highest BCUT2D eigenvalue weighted by molar-refractivity contribution is 6.00. The van der Waals surface area contributed by atoms with Crippen molar-refractivity contribution in [2.45, 2.75) is 18.3 Å². The molecule has 1 saturated carbocycles. The number of carbonyl (C=O) groups excluding carboxylic acids is 1. The van der Waals surface area contributed by atoms with Crippen LogP contribution in [0.15, 0.2) is 53.5 Å². The third-order valence-electron chi connectivity index (χ3n) is 4.09. The highest BCUT2D eigenvalue weighted by atomic mass is 19.1. The summed E-state index contributed by atoms with van der Waals surface area (Å²) in [6, 6.07) is 8.07. The van der Waals surface area contributed by atoms with Crippen molar-refractivity contribution >= 4 is 11.7 Å². The first kappa shape index (κ1) is 13.7. The number of carbonyl (C=O) groups is 1. The second-order valence-electron chi connectivity index (χ2n) is 5.54. The van der Waals surface area contributed by atoms with Gasteiger partial charge >= 0.3 is 0 Å². The molecule has 6 nitrogen and oxygen atoms in total. The normalized spacial score (nSPS) is 15.3.